The van der Waals surface area contributed by atoms with Crippen LogP contribution in [0.2, 0.25) is 0 Å². The maximum atomic E-state index is 12.4. The number of rotatable bonds is 2. The number of hydrogen-bond donors (Lipinski definition) is 1. The Morgan fingerprint density at radius 1 is 1.44 bits per heavy atom. The SMILES string of the molecule is CC1=CCCC(O)CN1S(=O)(=O)c1ccccn1. The average molecular weight is 268 g/mol. The van der Waals surface area contributed by atoms with Crippen LogP contribution in [0.15, 0.2) is 41.2 Å². The normalized spacial score (nSPS) is 21.3. The van der Waals surface area contributed by atoms with Crippen molar-refractivity contribution in [2.75, 3.05) is 6.54 Å². The van der Waals surface area contributed by atoms with Gasteiger partial charge in [-0.3, -0.25) is 4.31 Å². The highest BCUT2D eigenvalue weighted by Crippen LogP contribution is 2.22. The van der Waals surface area contributed by atoms with Gasteiger partial charge in [0.15, 0.2) is 5.03 Å². The minimum atomic E-state index is -3.67. The lowest BCUT2D eigenvalue weighted by atomic mass is 10.2. The van der Waals surface area contributed by atoms with Crippen molar-refractivity contribution in [1.82, 2.24) is 9.29 Å². The van der Waals surface area contributed by atoms with Crippen LogP contribution in [0.1, 0.15) is 19.8 Å². The quantitative estimate of drug-likeness (QED) is 0.873. The molecule has 1 unspecified atom stereocenters. The third kappa shape index (κ3) is 2.54. The van der Waals surface area contributed by atoms with Gasteiger partial charge in [0.25, 0.3) is 10.0 Å². The van der Waals surface area contributed by atoms with Crippen LogP contribution in [0.25, 0.3) is 0 Å². The van der Waals surface area contributed by atoms with Gasteiger partial charge in [-0.15, -0.1) is 0 Å². The summed E-state index contributed by atoms with van der Waals surface area (Å²) >= 11 is 0. The Hall–Kier alpha value is -1.40. The molecule has 1 aromatic rings. The van der Waals surface area contributed by atoms with Crippen LogP contribution >= 0.6 is 0 Å². The number of hydrogen-bond acceptors (Lipinski definition) is 4. The largest absolute Gasteiger partial charge is 0.391 e. The maximum Gasteiger partial charge on any atom is 0.281 e. The second-order valence-electron chi connectivity index (χ2n) is 4.28. The Morgan fingerprint density at radius 2 is 2.22 bits per heavy atom. The molecule has 18 heavy (non-hydrogen) atoms. The number of sulfonamides is 1. The smallest absolute Gasteiger partial charge is 0.281 e. The van der Waals surface area contributed by atoms with Crippen molar-refractivity contribution in [3.8, 4) is 0 Å². The zero-order valence-corrected chi connectivity index (χ0v) is 11.0. The molecule has 1 atom stereocenters. The van der Waals surface area contributed by atoms with Crippen molar-refractivity contribution >= 4 is 10.0 Å². The molecule has 0 aliphatic carbocycles. The highest BCUT2D eigenvalue weighted by Gasteiger charge is 2.28. The summed E-state index contributed by atoms with van der Waals surface area (Å²) in [6, 6.07) is 4.76. The Balaban J connectivity index is 2.40. The van der Waals surface area contributed by atoms with Crippen molar-refractivity contribution in [1.29, 1.82) is 0 Å². The number of nitrogens with zero attached hydrogens (tertiary/aromatic N) is 2. The predicted molar refractivity (Wildman–Crippen MR) is 67.1 cm³/mol. The van der Waals surface area contributed by atoms with Gasteiger partial charge < -0.3 is 5.11 Å². The van der Waals surface area contributed by atoms with Gasteiger partial charge in [-0.2, -0.15) is 8.42 Å². The topological polar surface area (TPSA) is 70.5 Å². The lowest BCUT2D eigenvalue weighted by Gasteiger charge is -2.24. The van der Waals surface area contributed by atoms with Crippen LogP contribution in [0.5, 0.6) is 0 Å². The number of pyridine rings is 1. The van der Waals surface area contributed by atoms with E-state index in [0.29, 0.717) is 18.5 Å². The van der Waals surface area contributed by atoms with Crippen LogP contribution in [0.4, 0.5) is 0 Å². The van der Waals surface area contributed by atoms with Crippen molar-refractivity contribution in [3.63, 3.8) is 0 Å². The van der Waals surface area contributed by atoms with Crippen LogP contribution in [-0.4, -0.2) is 35.5 Å². The third-order valence-corrected chi connectivity index (χ3v) is 4.69. The molecule has 98 valence electrons. The first kappa shape index (κ1) is 13.0. The van der Waals surface area contributed by atoms with E-state index in [-0.39, 0.29) is 11.6 Å². The third-order valence-electron chi connectivity index (χ3n) is 2.90. The zero-order valence-electron chi connectivity index (χ0n) is 10.2. The molecule has 1 aliphatic rings. The lowest BCUT2D eigenvalue weighted by molar-refractivity contribution is 0.150. The summed E-state index contributed by atoms with van der Waals surface area (Å²) in [4.78, 5) is 3.88. The summed E-state index contributed by atoms with van der Waals surface area (Å²) in [5.74, 6) is 0. The minimum absolute atomic E-state index is 0.00634. The summed E-state index contributed by atoms with van der Waals surface area (Å²) in [5.41, 5.74) is 0.636. The minimum Gasteiger partial charge on any atom is -0.391 e. The highest BCUT2D eigenvalue weighted by atomic mass is 32.2. The van der Waals surface area contributed by atoms with Gasteiger partial charge in [0.2, 0.25) is 0 Å². The van der Waals surface area contributed by atoms with Crippen LogP contribution in [0, 0.1) is 0 Å². The first-order valence-electron chi connectivity index (χ1n) is 5.80. The molecule has 1 aromatic heterocycles. The maximum absolute atomic E-state index is 12.4. The van der Waals surface area contributed by atoms with E-state index in [4.69, 9.17) is 0 Å². The van der Waals surface area contributed by atoms with Crippen LogP contribution in [-0.2, 0) is 10.0 Å². The second kappa shape index (κ2) is 5.07. The summed E-state index contributed by atoms with van der Waals surface area (Å²) in [6.07, 6.45) is 3.89. The Morgan fingerprint density at radius 3 is 2.89 bits per heavy atom. The molecule has 2 rings (SSSR count). The standard InChI is InChI=1S/C12H16N2O3S/c1-10-5-4-6-11(15)9-14(10)18(16,17)12-7-2-3-8-13-12/h2-3,5,7-8,11,15H,4,6,9H2,1H3. The summed E-state index contributed by atoms with van der Waals surface area (Å²) in [7, 11) is -3.67. The fourth-order valence-corrected chi connectivity index (χ4v) is 3.41. The average Bonchev–Trinajstić information content (AvgIpc) is 2.53. The number of aliphatic hydroxyl groups excluding tert-OH is 1. The number of aromatic nitrogens is 1. The zero-order chi connectivity index (χ0) is 13.2. The van der Waals surface area contributed by atoms with Gasteiger partial charge in [-0.25, -0.2) is 4.98 Å². The van der Waals surface area contributed by atoms with Crippen molar-refractivity contribution in [2.24, 2.45) is 0 Å². The Labute approximate surface area is 107 Å². The molecule has 5 nitrogen and oxygen atoms in total. The first-order chi connectivity index (χ1) is 8.51. The van der Waals surface area contributed by atoms with Gasteiger partial charge in [0, 0.05) is 11.9 Å². The summed E-state index contributed by atoms with van der Waals surface area (Å²) < 4.78 is 26.0. The van der Waals surface area contributed by atoms with Crippen LogP contribution in [0.3, 0.4) is 0 Å². The second-order valence-corrected chi connectivity index (χ2v) is 6.09. The molecule has 0 spiro atoms. The van der Waals surface area contributed by atoms with E-state index in [1.54, 1.807) is 19.1 Å². The van der Waals surface area contributed by atoms with E-state index in [2.05, 4.69) is 4.98 Å². The molecule has 1 N–H and O–H groups in total. The molecular formula is C12H16N2O3S. The molecule has 6 heteroatoms. The van der Waals surface area contributed by atoms with E-state index in [9.17, 15) is 13.5 Å². The first-order valence-corrected chi connectivity index (χ1v) is 7.24. The molecule has 1 aliphatic heterocycles. The highest BCUT2D eigenvalue weighted by molar-refractivity contribution is 7.89. The number of aliphatic hydroxyl groups is 1. The lowest BCUT2D eigenvalue weighted by Crippen LogP contribution is -2.35. The fourth-order valence-electron chi connectivity index (χ4n) is 1.91. The van der Waals surface area contributed by atoms with Gasteiger partial charge in [0.05, 0.1) is 12.6 Å². The van der Waals surface area contributed by atoms with E-state index >= 15 is 0 Å². The molecule has 0 fully saturated rings. The number of allylic oxidation sites excluding steroid dienone is 2. The number of β-amino-alcohol motifs (C(OH)–C–C–N with tert-alkyl or cyclic N) is 1. The Bertz CT molecular complexity index is 540. The van der Waals surface area contributed by atoms with Gasteiger partial charge >= 0.3 is 0 Å². The summed E-state index contributed by atoms with van der Waals surface area (Å²) in [5, 5.41) is 9.73. The van der Waals surface area contributed by atoms with Crippen molar-refractivity contribution in [3.05, 3.63) is 36.2 Å². The fraction of sp³-hybridized carbons (Fsp3) is 0.417. The molecule has 0 saturated heterocycles. The van der Waals surface area contributed by atoms with Gasteiger partial charge in [-0.05, 0) is 31.9 Å². The van der Waals surface area contributed by atoms with E-state index in [0.717, 1.165) is 0 Å². The van der Waals surface area contributed by atoms with E-state index in [1.165, 1.54) is 16.6 Å². The van der Waals surface area contributed by atoms with Crippen molar-refractivity contribution in [2.45, 2.75) is 30.9 Å². The van der Waals surface area contributed by atoms with E-state index in [1.807, 2.05) is 6.08 Å². The molecule has 0 amide bonds. The van der Waals surface area contributed by atoms with Gasteiger partial charge in [-0.1, -0.05) is 12.1 Å². The Kier molecular flexibility index (Phi) is 3.68. The van der Waals surface area contributed by atoms with Crippen molar-refractivity contribution < 1.29 is 13.5 Å². The monoisotopic (exact) mass is 268 g/mol. The molecule has 2 heterocycles. The molecule has 0 saturated carbocycles. The predicted octanol–water partition coefficient (Wildman–Crippen LogP) is 1.13. The van der Waals surface area contributed by atoms with Crippen LogP contribution < -0.4 is 0 Å². The summed E-state index contributed by atoms with van der Waals surface area (Å²) in [6.45, 7) is 1.82. The molecular weight excluding hydrogens is 252 g/mol. The molecule has 0 aromatic carbocycles. The molecule has 0 bridgehead atoms. The molecule has 0 radical (unpaired) electrons. The van der Waals surface area contributed by atoms with Gasteiger partial charge in [0.1, 0.15) is 0 Å². The van der Waals surface area contributed by atoms with E-state index < -0.39 is 16.1 Å².